The van der Waals surface area contributed by atoms with Crippen molar-refractivity contribution in [3.63, 3.8) is 0 Å². The Bertz CT molecular complexity index is 128. The van der Waals surface area contributed by atoms with Crippen molar-refractivity contribution in [1.29, 1.82) is 0 Å². The summed E-state index contributed by atoms with van der Waals surface area (Å²) in [7, 11) is 0. The van der Waals surface area contributed by atoms with Crippen LogP contribution in [0.3, 0.4) is 0 Å². The lowest BCUT2D eigenvalue weighted by Crippen LogP contribution is -1.74. The lowest BCUT2D eigenvalue weighted by atomic mass is 10.2. The van der Waals surface area contributed by atoms with E-state index < -0.39 is 0 Å². The molecule has 0 amide bonds. The van der Waals surface area contributed by atoms with E-state index in [-0.39, 0.29) is 6.67 Å². The van der Waals surface area contributed by atoms with Crippen molar-refractivity contribution < 1.29 is 4.39 Å². The Balaban J connectivity index is 0. The summed E-state index contributed by atoms with van der Waals surface area (Å²) in [5.74, 6) is 0. The van der Waals surface area contributed by atoms with E-state index in [0.29, 0.717) is 0 Å². The standard InChI is InChI=1S/C8H13F.C2H6/c1-7(2)4-5-8(3)6-9;1-2/h4-5H,6H2,1-3H3;1-2H3/b8-5+;. The van der Waals surface area contributed by atoms with Gasteiger partial charge >= 0.3 is 0 Å². The van der Waals surface area contributed by atoms with Crippen LogP contribution in [0.15, 0.2) is 23.3 Å². The van der Waals surface area contributed by atoms with Gasteiger partial charge in [-0.2, -0.15) is 0 Å². The highest BCUT2D eigenvalue weighted by Crippen LogP contribution is 1.96. The first-order valence-corrected chi connectivity index (χ1v) is 4.03. The molecule has 0 aromatic carbocycles. The van der Waals surface area contributed by atoms with Gasteiger partial charge in [0.15, 0.2) is 0 Å². The molecule has 0 radical (unpaired) electrons. The SMILES string of the molecule is CC.CC(C)=C/C=C(\C)CF. The molecule has 0 bridgehead atoms. The summed E-state index contributed by atoms with van der Waals surface area (Å²) in [5, 5.41) is 0. The van der Waals surface area contributed by atoms with Crippen molar-refractivity contribution in [3.8, 4) is 0 Å². The quantitative estimate of drug-likeness (QED) is 0.535. The second kappa shape index (κ2) is 9.41. The summed E-state index contributed by atoms with van der Waals surface area (Å²) in [5.41, 5.74) is 1.97. The summed E-state index contributed by atoms with van der Waals surface area (Å²) in [6.07, 6.45) is 3.71. The lowest BCUT2D eigenvalue weighted by molar-refractivity contribution is 0.543. The van der Waals surface area contributed by atoms with E-state index in [1.165, 1.54) is 5.57 Å². The molecule has 66 valence electrons. The Hall–Kier alpha value is -0.590. The van der Waals surface area contributed by atoms with E-state index >= 15 is 0 Å². The fourth-order valence-corrected chi connectivity index (χ4v) is 0.353. The van der Waals surface area contributed by atoms with Crippen LogP contribution in [0.1, 0.15) is 34.6 Å². The zero-order valence-electron chi connectivity index (χ0n) is 8.24. The van der Waals surface area contributed by atoms with Crippen LogP contribution in [0.25, 0.3) is 0 Å². The maximum Gasteiger partial charge on any atom is 0.111 e. The minimum atomic E-state index is -0.343. The summed E-state index contributed by atoms with van der Waals surface area (Å²) in [4.78, 5) is 0. The molecule has 0 N–H and O–H groups in total. The molecule has 0 heterocycles. The van der Waals surface area contributed by atoms with Crippen LogP contribution in [-0.2, 0) is 0 Å². The van der Waals surface area contributed by atoms with Gasteiger partial charge in [-0.1, -0.05) is 31.6 Å². The summed E-state index contributed by atoms with van der Waals surface area (Å²) in [6.45, 7) is 9.41. The van der Waals surface area contributed by atoms with Gasteiger partial charge in [0, 0.05) is 0 Å². The molecular formula is C10H19F. The Kier molecular flexibility index (Phi) is 11.1. The molecule has 0 saturated carbocycles. The summed E-state index contributed by atoms with van der Waals surface area (Å²) in [6, 6.07) is 0. The van der Waals surface area contributed by atoms with Crippen molar-refractivity contribution in [3.05, 3.63) is 23.3 Å². The van der Waals surface area contributed by atoms with Crippen molar-refractivity contribution in [2.24, 2.45) is 0 Å². The zero-order chi connectivity index (χ0) is 9.28. The van der Waals surface area contributed by atoms with E-state index in [2.05, 4.69) is 0 Å². The highest BCUT2D eigenvalue weighted by molar-refractivity contribution is 5.13. The van der Waals surface area contributed by atoms with Gasteiger partial charge in [-0.3, -0.25) is 0 Å². The number of hydrogen-bond donors (Lipinski definition) is 0. The molecule has 0 fully saturated rings. The fraction of sp³-hybridized carbons (Fsp3) is 0.600. The molecule has 1 heteroatoms. The maximum absolute atomic E-state index is 11.7. The van der Waals surface area contributed by atoms with Crippen molar-refractivity contribution in [1.82, 2.24) is 0 Å². The first kappa shape index (κ1) is 13.0. The molecule has 0 aliphatic carbocycles. The Morgan fingerprint density at radius 3 is 1.82 bits per heavy atom. The molecule has 0 saturated heterocycles. The van der Waals surface area contributed by atoms with Crippen LogP contribution in [0.4, 0.5) is 4.39 Å². The van der Waals surface area contributed by atoms with Gasteiger partial charge in [0.2, 0.25) is 0 Å². The highest BCUT2D eigenvalue weighted by Gasteiger charge is 1.81. The average Bonchev–Trinajstić information content (AvgIpc) is 2.04. The van der Waals surface area contributed by atoms with Crippen molar-refractivity contribution in [2.75, 3.05) is 6.67 Å². The summed E-state index contributed by atoms with van der Waals surface area (Å²) < 4.78 is 11.7. The largest absolute Gasteiger partial charge is 0.246 e. The molecule has 0 aromatic rings. The Labute approximate surface area is 69.8 Å². The number of halogens is 1. The second-order valence-corrected chi connectivity index (χ2v) is 2.39. The van der Waals surface area contributed by atoms with Gasteiger partial charge in [0.05, 0.1) is 0 Å². The zero-order valence-corrected chi connectivity index (χ0v) is 8.24. The Morgan fingerprint density at radius 1 is 1.09 bits per heavy atom. The van der Waals surface area contributed by atoms with Gasteiger partial charge in [0.1, 0.15) is 6.67 Å². The normalized spacial score (nSPS) is 9.82. The van der Waals surface area contributed by atoms with Crippen molar-refractivity contribution >= 4 is 0 Å². The first-order chi connectivity index (χ1) is 5.16. The van der Waals surface area contributed by atoms with Gasteiger partial charge in [-0.05, 0) is 26.3 Å². The minimum absolute atomic E-state index is 0.343. The molecule has 0 atom stereocenters. The van der Waals surface area contributed by atoms with Gasteiger partial charge in [-0.15, -0.1) is 0 Å². The third-order valence-corrected chi connectivity index (χ3v) is 0.912. The van der Waals surface area contributed by atoms with E-state index in [0.717, 1.165) is 5.57 Å². The van der Waals surface area contributed by atoms with Crippen LogP contribution in [0.2, 0.25) is 0 Å². The second-order valence-electron chi connectivity index (χ2n) is 2.39. The smallest absolute Gasteiger partial charge is 0.111 e. The highest BCUT2D eigenvalue weighted by atomic mass is 19.1. The molecule has 0 spiro atoms. The fourth-order valence-electron chi connectivity index (χ4n) is 0.353. The molecule has 0 rings (SSSR count). The average molecular weight is 158 g/mol. The lowest BCUT2D eigenvalue weighted by Gasteiger charge is -1.87. The third kappa shape index (κ3) is 12.6. The summed E-state index contributed by atoms with van der Waals surface area (Å²) >= 11 is 0. The Morgan fingerprint density at radius 2 is 1.55 bits per heavy atom. The number of rotatable bonds is 2. The number of alkyl halides is 1. The van der Waals surface area contributed by atoms with Crippen LogP contribution >= 0.6 is 0 Å². The van der Waals surface area contributed by atoms with Gasteiger partial charge in [0.25, 0.3) is 0 Å². The van der Waals surface area contributed by atoms with Crippen LogP contribution in [0, 0.1) is 0 Å². The monoisotopic (exact) mass is 158 g/mol. The molecule has 0 unspecified atom stereocenters. The van der Waals surface area contributed by atoms with Crippen LogP contribution in [0.5, 0.6) is 0 Å². The van der Waals surface area contributed by atoms with Crippen LogP contribution in [-0.4, -0.2) is 6.67 Å². The first-order valence-electron chi connectivity index (χ1n) is 4.03. The third-order valence-electron chi connectivity index (χ3n) is 0.912. The van der Waals surface area contributed by atoms with Crippen molar-refractivity contribution in [2.45, 2.75) is 34.6 Å². The van der Waals surface area contributed by atoms with Gasteiger partial charge in [-0.25, -0.2) is 4.39 Å². The molecule has 0 nitrogen and oxygen atoms in total. The molecule has 11 heavy (non-hydrogen) atoms. The molecule has 0 aliphatic heterocycles. The van der Waals surface area contributed by atoms with Crippen LogP contribution < -0.4 is 0 Å². The topological polar surface area (TPSA) is 0 Å². The van der Waals surface area contributed by atoms with E-state index in [1.54, 1.807) is 13.0 Å². The van der Waals surface area contributed by atoms with Gasteiger partial charge < -0.3 is 0 Å². The van der Waals surface area contributed by atoms with E-state index in [9.17, 15) is 4.39 Å². The molecule has 0 aromatic heterocycles. The molecule has 0 aliphatic rings. The predicted molar refractivity (Wildman–Crippen MR) is 50.5 cm³/mol. The van der Waals surface area contributed by atoms with E-state index in [4.69, 9.17) is 0 Å². The maximum atomic E-state index is 11.7. The molecular weight excluding hydrogens is 139 g/mol. The van der Waals surface area contributed by atoms with E-state index in [1.807, 2.05) is 33.8 Å². The number of allylic oxidation sites excluding steroid dienone is 4. The minimum Gasteiger partial charge on any atom is -0.246 e. The predicted octanol–water partition coefficient (Wildman–Crippen LogP) is 3.89. The number of hydrogen-bond acceptors (Lipinski definition) is 0.